The van der Waals surface area contributed by atoms with Gasteiger partial charge in [0.2, 0.25) is 11.8 Å². The van der Waals surface area contributed by atoms with E-state index in [2.05, 4.69) is 25.9 Å². The molecule has 1 aliphatic heterocycles. The van der Waals surface area contributed by atoms with Crippen molar-refractivity contribution < 1.29 is 23.1 Å². The molecular formula is C27H29F3N6O2S. The molecule has 1 saturated heterocycles. The molecule has 1 aromatic carbocycles. The molecule has 0 radical (unpaired) electrons. The van der Waals surface area contributed by atoms with Crippen LogP contribution in [0.3, 0.4) is 0 Å². The van der Waals surface area contributed by atoms with E-state index in [0.717, 1.165) is 87.0 Å². The normalized spacial score (nSPS) is 24.6. The van der Waals surface area contributed by atoms with Crippen LogP contribution < -0.4 is 15.5 Å². The first-order valence-electron chi connectivity index (χ1n) is 13.2. The number of amides is 1. The zero-order valence-electron chi connectivity index (χ0n) is 21.3. The molecule has 206 valence electrons. The number of hydrogen-bond acceptors (Lipinski definition) is 8. The highest BCUT2D eigenvalue weighted by molar-refractivity contribution is 7.10. The lowest BCUT2D eigenvalue weighted by Crippen LogP contribution is -2.49. The van der Waals surface area contributed by atoms with Crippen LogP contribution in [0.4, 0.5) is 19.1 Å². The summed E-state index contributed by atoms with van der Waals surface area (Å²) in [6.07, 6.45) is 7.14. The maximum atomic E-state index is 14.1. The van der Waals surface area contributed by atoms with Gasteiger partial charge in [-0.05, 0) is 56.1 Å². The van der Waals surface area contributed by atoms with Gasteiger partial charge in [-0.15, -0.1) is 11.3 Å². The van der Waals surface area contributed by atoms with Crippen LogP contribution in [0.25, 0.3) is 11.4 Å². The third-order valence-electron chi connectivity index (χ3n) is 8.67. The molecule has 3 heterocycles. The topological polar surface area (TPSA) is 103 Å². The molecule has 4 fully saturated rings. The van der Waals surface area contributed by atoms with Gasteiger partial charge in [-0.1, -0.05) is 0 Å². The number of piperazine rings is 1. The molecule has 7 rings (SSSR count). The number of halogens is 3. The number of nitrogens with zero attached hydrogens (tertiary/aromatic N) is 4. The summed E-state index contributed by atoms with van der Waals surface area (Å²) in [7, 11) is 0. The number of aromatic hydroxyl groups is 1. The van der Waals surface area contributed by atoms with Crippen LogP contribution in [0, 0.1) is 22.9 Å². The standard InChI is InChI=1S/C27H29F3N6O2S/c28-17-13-16(20(29)21(30)22(17)37)23(38)33-15-26-2-5-27(6-3-26,7-4-26)24-34-19(14-39-24)18-1-8-32-25(35-18)36-11-9-31-10-12-36/h1,8,13-14,31,37H,2-7,9-12,15H2,(H,33,38). The summed E-state index contributed by atoms with van der Waals surface area (Å²) in [6, 6.07) is 2.42. The third kappa shape index (κ3) is 4.73. The fourth-order valence-electron chi connectivity index (χ4n) is 6.11. The zero-order chi connectivity index (χ0) is 27.2. The molecule has 1 amide bonds. The Balaban J connectivity index is 1.11. The van der Waals surface area contributed by atoms with Crippen LogP contribution in [0.5, 0.6) is 5.75 Å². The van der Waals surface area contributed by atoms with Crippen molar-refractivity contribution >= 4 is 23.2 Å². The van der Waals surface area contributed by atoms with Crippen molar-refractivity contribution in [1.29, 1.82) is 0 Å². The Morgan fingerprint density at radius 3 is 2.49 bits per heavy atom. The van der Waals surface area contributed by atoms with Crippen LogP contribution in [0.2, 0.25) is 0 Å². The van der Waals surface area contributed by atoms with Crippen LogP contribution in [0.15, 0.2) is 23.7 Å². The fraction of sp³-hybridized carbons (Fsp3) is 0.481. The minimum Gasteiger partial charge on any atom is -0.503 e. The number of rotatable bonds is 6. The molecular weight excluding hydrogens is 529 g/mol. The number of carbonyl (C=O) groups is 1. The summed E-state index contributed by atoms with van der Waals surface area (Å²) < 4.78 is 41.5. The van der Waals surface area contributed by atoms with E-state index < -0.39 is 34.7 Å². The molecule has 3 saturated carbocycles. The van der Waals surface area contributed by atoms with Gasteiger partial charge in [-0.3, -0.25) is 4.79 Å². The highest BCUT2D eigenvalue weighted by atomic mass is 32.1. The Morgan fingerprint density at radius 1 is 1.05 bits per heavy atom. The van der Waals surface area contributed by atoms with Gasteiger partial charge in [-0.2, -0.15) is 4.39 Å². The number of nitrogens with one attached hydrogen (secondary N) is 2. The molecule has 0 spiro atoms. The van der Waals surface area contributed by atoms with Crippen molar-refractivity contribution in [3.8, 4) is 17.1 Å². The molecule has 0 atom stereocenters. The highest BCUT2D eigenvalue weighted by Crippen LogP contribution is 2.58. The molecule has 3 N–H and O–H groups in total. The Hall–Kier alpha value is -3.25. The molecule has 4 aliphatic rings. The lowest BCUT2D eigenvalue weighted by atomic mass is 9.54. The van der Waals surface area contributed by atoms with Crippen LogP contribution in [-0.2, 0) is 5.41 Å². The maximum Gasteiger partial charge on any atom is 0.254 e. The van der Waals surface area contributed by atoms with Gasteiger partial charge in [-0.25, -0.2) is 23.7 Å². The summed E-state index contributed by atoms with van der Waals surface area (Å²) in [5.74, 6) is -6.29. The lowest BCUT2D eigenvalue weighted by molar-refractivity contribution is 0.0385. The third-order valence-corrected chi connectivity index (χ3v) is 9.76. The van der Waals surface area contributed by atoms with E-state index in [-0.39, 0.29) is 10.8 Å². The Bertz CT molecular complexity index is 1390. The summed E-state index contributed by atoms with van der Waals surface area (Å²) in [5.41, 5.74) is 0.759. The van der Waals surface area contributed by atoms with E-state index in [1.165, 1.54) is 0 Å². The van der Waals surface area contributed by atoms with E-state index >= 15 is 0 Å². The molecule has 39 heavy (non-hydrogen) atoms. The molecule has 3 aliphatic carbocycles. The van der Waals surface area contributed by atoms with Gasteiger partial charge in [0.05, 0.1) is 16.3 Å². The van der Waals surface area contributed by atoms with Crippen LogP contribution in [-0.4, -0.2) is 58.7 Å². The van der Waals surface area contributed by atoms with Crippen LogP contribution in [0.1, 0.15) is 53.9 Å². The number of aromatic nitrogens is 3. The van der Waals surface area contributed by atoms with Crippen molar-refractivity contribution in [2.75, 3.05) is 37.6 Å². The predicted octanol–water partition coefficient (Wildman–Crippen LogP) is 4.15. The fourth-order valence-corrected chi connectivity index (χ4v) is 7.21. The van der Waals surface area contributed by atoms with Gasteiger partial charge in [0.1, 0.15) is 5.69 Å². The molecule has 0 unspecified atom stereocenters. The first-order valence-corrected chi connectivity index (χ1v) is 14.1. The van der Waals surface area contributed by atoms with Crippen molar-refractivity contribution in [3.63, 3.8) is 0 Å². The first-order chi connectivity index (χ1) is 18.8. The number of phenols is 1. The minimum absolute atomic E-state index is 0.0155. The Morgan fingerprint density at radius 2 is 1.77 bits per heavy atom. The van der Waals surface area contributed by atoms with Crippen LogP contribution >= 0.6 is 11.3 Å². The number of carbonyl (C=O) groups excluding carboxylic acids is 1. The predicted molar refractivity (Wildman–Crippen MR) is 140 cm³/mol. The van der Waals surface area contributed by atoms with Crippen molar-refractivity contribution in [2.45, 2.75) is 43.9 Å². The number of fused-ring (bicyclic) bond motifs is 3. The monoisotopic (exact) mass is 558 g/mol. The molecule has 3 aromatic rings. The second-order valence-corrected chi connectivity index (χ2v) is 11.7. The molecule has 12 heteroatoms. The quantitative estimate of drug-likeness (QED) is 0.391. The Labute approximate surface area is 227 Å². The summed E-state index contributed by atoms with van der Waals surface area (Å²) in [5, 5.41) is 18.4. The SMILES string of the molecule is O=C(NCC12CCC(c3nc(-c4ccnc(N5CCNCC5)n4)cs3)(CC1)CC2)c1cc(F)c(O)c(F)c1F. The van der Waals surface area contributed by atoms with E-state index in [1.54, 1.807) is 17.5 Å². The number of phenolic OH excluding ortho intramolecular Hbond substituents is 1. The molecule has 8 nitrogen and oxygen atoms in total. The van der Waals surface area contributed by atoms with Gasteiger partial charge in [0, 0.05) is 49.7 Å². The summed E-state index contributed by atoms with van der Waals surface area (Å²) >= 11 is 1.66. The maximum absolute atomic E-state index is 14.1. The molecule has 2 aromatic heterocycles. The number of benzene rings is 1. The minimum atomic E-state index is -1.76. The second kappa shape index (κ2) is 10.1. The van der Waals surface area contributed by atoms with Crippen molar-refractivity contribution in [2.24, 2.45) is 5.41 Å². The first kappa shape index (κ1) is 26.0. The average molecular weight is 559 g/mol. The lowest BCUT2D eigenvalue weighted by Gasteiger charge is -2.52. The van der Waals surface area contributed by atoms with Crippen molar-refractivity contribution in [1.82, 2.24) is 25.6 Å². The van der Waals surface area contributed by atoms with Gasteiger partial charge >= 0.3 is 0 Å². The number of anilines is 1. The summed E-state index contributed by atoms with van der Waals surface area (Å²) in [6.45, 7) is 3.85. The van der Waals surface area contributed by atoms with E-state index in [9.17, 15) is 23.1 Å². The van der Waals surface area contributed by atoms with E-state index in [0.29, 0.717) is 12.6 Å². The van der Waals surface area contributed by atoms with Gasteiger partial charge in [0.15, 0.2) is 17.4 Å². The second-order valence-electron chi connectivity index (χ2n) is 10.9. The van der Waals surface area contributed by atoms with Gasteiger partial charge in [0.25, 0.3) is 5.91 Å². The largest absolute Gasteiger partial charge is 0.503 e. The Kier molecular flexibility index (Phi) is 6.70. The smallest absolute Gasteiger partial charge is 0.254 e. The highest BCUT2D eigenvalue weighted by Gasteiger charge is 2.50. The van der Waals surface area contributed by atoms with E-state index in [1.807, 2.05) is 6.07 Å². The number of hydrogen-bond donors (Lipinski definition) is 3. The average Bonchev–Trinajstić information content (AvgIpc) is 3.50. The van der Waals surface area contributed by atoms with E-state index in [4.69, 9.17) is 9.97 Å². The van der Waals surface area contributed by atoms with Gasteiger partial charge < -0.3 is 20.6 Å². The molecule has 2 bridgehead atoms. The zero-order valence-corrected chi connectivity index (χ0v) is 22.1. The summed E-state index contributed by atoms with van der Waals surface area (Å²) in [4.78, 5) is 29.0. The number of thiazole rings is 1. The van der Waals surface area contributed by atoms with Crippen molar-refractivity contribution in [3.05, 3.63) is 51.7 Å².